The molecule has 0 fully saturated rings. The number of thiazole rings is 1. The second-order valence-electron chi connectivity index (χ2n) is 1.65. The Morgan fingerprint density at radius 2 is 2.00 bits per heavy atom. The predicted molar refractivity (Wildman–Crippen MR) is 36.0 cm³/mol. The minimum Gasteiger partial charge on any atom is -0.476 e. The second-order valence-corrected chi connectivity index (χ2v) is 2.51. The first-order chi connectivity index (χ1) is 5.11. The zero-order valence-corrected chi connectivity index (χ0v) is 5.96. The maximum Gasteiger partial charge on any atom is 0.365 e. The quantitative estimate of drug-likeness (QED) is 0.681. The summed E-state index contributed by atoms with van der Waals surface area (Å²) in [6.07, 6.45) is 0. The Balaban J connectivity index is 2.99. The molecule has 0 radical (unpaired) electrons. The zero-order valence-electron chi connectivity index (χ0n) is 5.14. The monoisotopic (exact) mass is 173 g/mol. The smallest absolute Gasteiger partial charge is 0.365 e. The topological polar surface area (TPSA) is 87.5 Å². The number of hydrogen-bond acceptors (Lipinski definition) is 4. The number of carbonyl (C=O) groups is 2. The van der Waals surface area contributed by atoms with E-state index in [1.54, 1.807) is 0 Å². The van der Waals surface area contributed by atoms with Gasteiger partial charge < -0.3 is 10.2 Å². The summed E-state index contributed by atoms with van der Waals surface area (Å²) in [4.78, 5) is 23.7. The van der Waals surface area contributed by atoms with Crippen molar-refractivity contribution in [2.45, 2.75) is 0 Å². The number of aromatic carboxylic acids is 2. The molecule has 0 aliphatic carbocycles. The van der Waals surface area contributed by atoms with Crippen LogP contribution in [0.3, 0.4) is 0 Å². The summed E-state index contributed by atoms with van der Waals surface area (Å²) in [6.45, 7) is 0. The number of carboxylic acid groups (broad SMARTS) is 2. The summed E-state index contributed by atoms with van der Waals surface area (Å²) < 4.78 is 0. The third kappa shape index (κ3) is 1.53. The van der Waals surface area contributed by atoms with E-state index in [0.717, 1.165) is 11.3 Å². The Labute approximate surface area is 64.9 Å². The molecular formula is C5H3NO4S. The van der Waals surface area contributed by atoms with E-state index in [9.17, 15) is 9.59 Å². The number of hydrogen-bond donors (Lipinski definition) is 2. The van der Waals surface area contributed by atoms with Crippen LogP contribution in [0.4, 0.5) is 0 Å². The van der Waals surface area contributed by atoms with E-state index >= 15 is 0 Å². The minimum absolute atomic E-state index is 0.206. The maximum atomic E-state index is 10.2. The molecule has 1 rings (SSSR count). The van der Waals surface area contributed by atoms with E-state index in [-0.39, 0.29) is 10.7 Å². The molecule has 0 spiro atoms. The van der Waals surface area contributed by atoms with Gasteiger partial charge in [0.15, 0.2) is 5.69 Å². The molecule has 0 unspecified atom stereocenters. The summed E-state index contributed by atoms with van der Waals surface area (Å²) in [6, 6.07) is 0. The summed E-state index contributed by atoms with van der Waals surface area (Å²) in [7, 11) is 0. The molecule has 1 aromatic rings. The molecule has 6 heteroatoms. The molecule has 0 amide bonds. The van der Waals surface area contributed by atoms with Crippen LogP contribution in [-0.2, 0) is 0 Å². The number of nitrogens with zero attached hydrogens (tertiary/aromatic N) is 1. The summed E-state index contributed by atoms with van der Waals surface area (Å²) in [5.41, 5.74) is -0.229. The van der Waals surface area contributed by atoms with Crippen LogP contribution in [0.5, 0.6) is 0 Å². The Hall–Kier alpha value is -1.43. The molecule has 0 saturated carbocycles. The number of rotatable bonds is 2. The molecule has 0 bridgehead atoms. The van der Waals surface area contributed by atoms with Gasteiger partial charge in [0.25, 0.3) is 0 Å². The molecule has 11 heavy (non-hydrogen) atoms. The van der Waals surface area contributed by atoms with Crippen molar-refractivity contribution in [1.82, 2.24) is 4.98 Å². The Morgan fingerprint density at radius 1 is 1.36 bits per heavy atom. The number of carboxylic acids is 2. The van der Waals surface area contributed by atoms with Gasteiger partial charge in [-0.3, -0.25) is 0 Å². The largest absolute Gasteiger partial charge is 0.476 e. The van der Waals surface area contributed by atoms with Crippen molar-refractivity contribution < 1.29 is 19.8 Å². The average Bonchev–Trinajstić information content (AvgIpc) is 2.33. The highest BCUT2D eigenvalue weighted by atomic mass is 32.1. The Kier molecular flexibility index (Phi) is 1.86. The van der Waals surface area contributed by atoms with Gasteiger partial charge in [0, 0.05) is 5.38 Å². The molecule has 0 aromatic carbocycles. The van der Waals surface area contributed by atoms with Crippen LogP contribution >= 0.6 is 11.3 Å². The maximum absolute atomic E-state index is 10.2. The fourth-order valence-electron chi connectivity index (χ4n) is 0.470. The van der Waals surface area contributed by atoms with Crippen LogP contribution < -0.4 is 0 Å². The molecule has 2 N–H and O–H groups in total. The fraction of sp³-hybridized carbons (Fsp3) is 0. The van der Waals surface area contributed by atoms with Crippen LogP contribution in [0.15, 0.2) is 5.38 Å². The third-order valence-corrected chi connectivity index (χ3v) is 1.74. The summed E-state index contributed by atoms with van der Waals surface area (Å²) in [5.74, 6) is -2.42. The van der Waals surface area contributed by atoms with Crippen LogP contribution in [0.1, 0.15) is 20.3 Å². The minimum atomic E-state index is -1.21. The van der Waals surface area contributed by atoms with Crippen LogP contribution in [0.2, 0.25) is 0 Å². The fourth-order valence-corrected chi connectivity index (χ4v) is 1.10. The normalized spacial score (nSPS) is 9.45. The standard InChI is InChI=1S/C5H3NO4S/c7-4(8)2-1-11-3(6-2)5(9)10/h1H,(H,7,8)(H,9,10). The van der Waals surface area contributed by atoms with E-state index in [1.807, 2.05) is 0 Å². The highest BCUT2D eigenvalue weighted by Gasteiger charge is 2.12. The van der Waals surface area contributed by atoms with Crippen molar-refractivity contribution in [2.75, 3.05) is 0 Å². The SMILES string of the molecule is O=C(O)c1csc(C(=O)O)n1. The molecule has 0 atom stereocenters. The van der Waals surface area contributed by atoms with Crippen molar-refractivity contribution >= 4 is 23.3 Å². The van der Waals surface area contributed by atoms with Gasteiger partial charge in [0.05, 0.1) is 0 Å². The average molecular weight is 173 g/mol. The van der Waals surface area contributed by atoms with Crippen molar-refractivity contribution in [3.63, 3.8) is 0 Å². The molecule has 58 valence electrons. The van der Waals surface area contributed by atoms with Crippen molar-refractivity contribution in [1.29, 1.82) is 0 Å². The van der Waals surface area contributed by atoms with E-state index in [4.69, 9.17) is 10.2 Å². The molecular weight excluding hydrogens is 170 g/mol. The molecule has 1 aromatic heterocycles. The highest BCUT2D eigenvalue weighted by Crippen LogP contribution is 2.08. The zero-order chi connectivity index (χ0) is 8.43. The lowest BCUT2D eigenvalue weighted by molar-refractivity contribution is 0.0690. The second kappa shape index (κ2) is 2.67. The van der Waals surface area contributed by atoms with E-state index in [1.165, 1.54) is 5.38 Å². The lowest BCUT2D eigenvalue weighted by Gasteiger charge is -1.81. The summed E-state index contributed by atoms with van der Waals surface area (Å²) >= 11 is 0.794. The van der Waals surface area contributed by atoms with Gasteiger partial charge >= 0.3 is 11.9 Å². The van der Waals surface area contributed by atoms with Crippen molar-refractivity contribution in [2.24, 2.45) is 0 Å². The van der Waals surface area contributed by atoms with Crippen LogP contribution in [0.25, 0.3) is 0 Å². The van der Waals surface area contributed by atoms with Gasteiger partial charge in [-0.2, -0.15) is 0 Å². The van der Waals surface area contributed by atoms with Gasteiger partial charge in [-0.1, -0.05) is 0 Å². The van der Waals surface area contributed by atoms with Crippen LogP contribution in [0, 0.1) is 0 Å². The molecule has 5 nitrogen and oxygen atoms in total. The summed E-state index contributed by atoms with van der Waals surface area (Å²) in [5, 5.41) is 17.6. The Morgan fingerprint density at radius 3 is 2.27 bits per heavy atom. The van der Waals surface area contributed by atoms with Crippen molar-refractivity contribution in [3.8, 4) is 0 Å². The highest BCUT2D eigenvalue weighted by molar-refractivity contribution is 7.11. The molecule has 0 aliphatic rings. The molecule has 0 saturated heterocycles. The lowest BCUT2D eigenvalue weighted by Crippen LogP contribution is -1.99. The van der Waals surface area contributed by atoms with Gasteiger partial charge in [-0.15, -0.1) is 11.3 Å². The first kappa shape index (κ1) is 7.67. The molecule has 0 aliphatic heterocycles. The lowest BCUT2D eigenvalue weighted by atomic mass is 10.5. The predicted octanol–water partition coefficient (Wildman–Crippen LogP) is 0.540. The van der Waals surface area contributed by atoms with E-state index < -0.39 is 11.9 Å². The van der Waals surface area contributed by atoms with Gasteiger partial charge in [0.2, 0.25) is 5.01 Å². The third-order valence-electron chi connectivity index (χ3n) is 0.906. The van der Waals surface area contributed by atoms with Crippen LogP contribution in [-0.4, -0.2) is 27.1 Å². The first-order valence-electron chi connectivity index (χ1n) is 2.53. The van der Waals surface area contributed by atoms with Gasteiger partial charge in [-0.05, 0) is 0 Å². The number of aromatic nitrogens is 1. The van der Waals surface area contributed by atoms with Gasteiger partial charge in [0.1, 0.15) is 0 Å². The van der Waals surface area contributed by atoms with E-state index in [2.05, 4.69) is 4.98 Å². The first-order valence-corrected chi connectivity index (χ1v) is 3.41. The Bertz CT molecular complexity index is 277. The van der Waals surface area contributed by atoms with E-state index in [0.29, 0.717) is 0 Å². The van der Waals surface area contributed by atoms with Gasteiger partial charge in [-0.25, -0.2) is 14.6 Å². The molecule has 1 heterocycles. The van der Waals surface area contributed by atoms with Crippen molar-refractivity contribution in [3.05, 3.63) is 16.1 Å².